The van der Waals surface area contributed by atoms with E-state index in [-0.39, 0.29) is 11.6 Å². The monoisotopic (exact) mass is 244 g/mol. The van der Waals surface area contributed by atoms with Gasteiger partial charge in [0.05, 0.1) is 11.4 Å². The van der Waals surface area contributed by atoms with Crippen LogP contribution in [-0.2, 0) is 9.84 Å². The van der Waals surface area contributed by atoms with Gasteiger partial charge in [-0.2, -0.15) is 0 Å². The summed E-state index contributed by atoms with van der Waals surface area (Å²) in [7, 11) is -2.90. The molecule has 0 aliphatic heterocycles. The molecule has 0 unspecified atom stereocenters. The van der Waals surface area contributed by atoms with E-state index >= 15 is 0 Å². The van der Waals surface area contributed by atoms with Crippen molar-refractivity contribution in [3.63, 3.8) is 0 Å². The summed E-state index contributed by atoms with van der Waals surface area (Å²) in [6.45, 7) is 0.531. The number of nitrogens with zero attached hydrogens (tertiary/aromatic N) is 1. The second-order valence-corrected chi connectivity index (χ2v) is 5.84. The second-order valence-electron chi connectivity index (χ2n) is 3.58. The third-order valence-corrected chi connectivity index (χ3v) is 2.99. The van der Waals surface area contributed by atoms with E-state index in [0.717, 1.165) is 0 Å². The Morgan fingerprint density at radius 3 is 2.62 bits per heavy atom. The summed E-state index contributed by atoms with van der Waals surface area (Å²) in [6.07, 6.45) is 1.75. The van der Waals surface area contributed by atoms with Gasteiger partial charge in [-0.1, -0.05) is 0 Å². The zero-order valence-electron chi connectivity index (χ0n) is 9.10. The van der Waals surface area contributed by atoms with Crippen molar-refractivity contribution in [1.29, 1.82) is 0 Å². The minimum absolute atomic E-state index is 0.157. The first-order chi connectivity index (χ1) is 7.38. The summed E-state index contributed by atoms with van der Waals surface area (Å²) in [4.78, 5) is 4.00. The molecule has 0 aromatic carbocycles. The Bertz CT molecular complexity index is 459. The van der Waals surface area contributed by atoms with Crippen LogP contribution in [0.3, 0.4) is 0 Å². The minimum Gasteiger partial charge on any atom is -0.396 e. The fraction of sp³-hybridized carbons (Fsp3) is 0.444. The van der Waals surface area contributed by atoms with Crippen molar-refractivity contribution in [2.75, 3.05) is 35.3 Å². The van der Waals surface area contributed by atoms with Crippen molar-refractivity contribution in [3.05, 3.63) is 12.1 Å². The Labute approximate surface area is 95.0 Å². The van der Waals surface area contributed by atoms with Crippen LogP contribution < -0.4 is 16.8 Å². The van der Waals surface area contributed by atoms with Crippen LogP contribution in [0.5, 0.6) is 0 Å². The van der Waals surface area contributed by atoms with E-state index in [4.69, 9.17) is 11.5 Å². The lowest BCUT2D eigenvalue weighted by atomic mass is 10.3. The SMILES string of the molecule is CS(=O)(=O)CCCNc1ccc(N)c(N)n1. The Morgan fingerprint density at radius 1 is 1.38 bits per heavy atom. The summed E-state index contributed by atoms with van der Waals surface area (Å²) < 4.78 is 21.7. The van der Waals surface area contributed by atoms with E-state index in [1.54, 1.807) is 12.1 Å². The van der Waals surface area contributed by atoms with E-state index in [1.807, 2.05) is 0 Å². The topological polar surface area (TPSA) is 111 Å². The predicted molar refractivity (Wildman–Crippen MR) is 65.9 cm³/mol. The van der Waals surface area contributed by atoms with Crippen molar-refractivity contribution >= 4 is 27.2 Å². The first-order valence-corrected chi connectivity index (χ1v) is 6.88. The Hall–Kier alpha value is -1.50. The number of rotatable bonds is 5. The summed E-state index contributed by atoms with van der Waals surface area (Å²) in [5.41, 5.74) is 11.5. The van der Waals surface area contributed by atoms with Crippen molar-refractivity contribution in [2.45, 2.75) is 6.42 Å². The lowest BCUT2D eigenvalue weighted by molar-refractivity contribution is 0.600. The van der Waals surface area contributed by atoms with Crippen LogP contribution in [-0.4, -0.2) is 32.0 Å². The zero-order chi connectivity index (χ0) is 12.2. The van der Waals surface area contributed by atoms with E-state index < -0.39 is 9.84 Å². The van der Waals surface area contributed by atoms with Gasteiger partial charge in [-0.15, -0.1) is 0 Å². The quantitative estimate of drug-likeness (QED) is 0.633. The molecule has 0 fully saturated rings. The summed E-state index contributed by atoms with van der Waals surface area (Å²) >= 11 is 0. The van der Waals surface area contributed by atoms with E-state index in [9.17, 15) is 8.42 Å². The molecule has 1 aromatic heterocycles. The molecule has 5 N–H and O–H groups in total. The maximum absolute atomic E-state index is 10.9. The van der Waals surface area contributed by atoms with Crippen LogP contribution in [0.1, 0.15) is 6.42 Å². The van der Waals surface area contributed by atoms with Crippen LogP contribution in [0.15, 0.2) is 12.1 Å². The van der Waals surface area contributed by atoms with Gasteiger partial charge in [0.1, 0.15) is 21.5 Å². The van der Waals surface area contributed by atoms with Crippen LogP contribution in [0.4, 0.5) is 17.3 Å². The van der Waals surface area contributed by atoms with Crippen molar-refractivity contribution in [3.8, 4) is 0 Å². The maximum atomic E-state index is 10.9. The van der Waals surface area contributed by atoms with Crippen molar-refractivity contribution in [2.24, 2.45) is 0 Å². The zero-order valence-corrected chi connectivity index (χ0v) is 9.92. The third-order valence-electron chi connectivity index (χ3n) is 1.96. The normalized spacial score (nSPS) is 11.3. The maximum Gasteiger partial charge on any atom is 0.149 e. The van der Waals surface area contributed by atoms with Gasteiger partial charge >= 0.3 is 0 Å². The first-order valence-electron chi connectivity index (χ1n) is 4.82. The van der Waals surface area contributed by atoms with Gasteiger partial charge in [0.2, 0.25) is 0 Å². The highest BCUT2D eigenvalue weighted by Gasteiger charge is 2.02. The highest BCUT2D eigenvalue weighted by Crippen LogP contribution is 2.14. The van der Waals surface area contributed by atoms with Gasteiger partial charge in [0, 0.05) is 12.8 Å². The second kappa shape index (κ2) is 5.02. The lowest BCUT2D eigenvalue weighted by Crippen LogP contribution is -2.11. The number of nitrogens with one attached hydrogen (secondary N) is 1. The van der Waals surface area contributed by atoms with E-state index in [1.165, 1.54) is 6.26 Å². The molecule has 1 aromatic rings. The molecule has 0 saturated carbocycles. The number of sulfone groups is 1. The molecule has 0 bridgehead atoms. The van der Waals surface area contributed by atoms with Gasteiger partial charge in [0.25, 0.3) is 0 Å². The largest absolute Gasteiger partial charge is 0.396 e. The molecule has 0 amide bonds. The van der Waals surface area contributed by atoms with E-state index in [2.05, 4.69) is 10.3 Å². The molecule has 1 heterocycles. The molecular weight excluding hydrogens is 228 g/mol. The smallest absolute Gasteiger partial charge is 0.149 e. The van der Waals surface area contributed by atoms with Crippen LogP contribution in [0, 0.1) is 0 Å². The number of anilines is 3. The lowest BCUT2D eigenvalue weighted by Gasteiger charge is -2.06. The Morgan fingerprint density at radius 2 is 2.06 bits per heavy atom. The van der Waals surface area contributed by atoms with Gasteiger partial charge in [-0.3, -0.25) is 0 Å². The molecule has 0 spiro atoms. The number of nitrogen functional groups attached to an aromatic ring is 2. The number of pyridine rings is 1. The highest BCUT2D eigenvalue weighted by molar-refractivity contribution is 7.90. The molecular formula is C9H16N4O2S. The molecule has 0 radical (unpaired) electrons. The molecule has 16 heavy (non-hydrogen) atoms. The van der Waals surface area contributed by atoms with Crippen molar-refractivity contribution in [1.82, 2.24) is 4.98 Å². The summed E-state index contributed by atoms with van der Waals surface area (Å²) in [5.74, 6) is 1.03. The third kappa shape index (κ3) is 4.35. The minimum atomic E-state index is -2.90. The summed E-state index contributed by atoms with van der Waals surface area (Å²) in [6, 6.07) is 3.35. The first kappa shape index (κ1) is 12.6. The molecule has 0 aliphatic carbocycles. The molecule has 7 heteroatoms. The predicted octanol–water partition coefficient (Wildman–Crippen LogP) is 0.0926. The molecule has 90 valence electrons. The van der Waals surface area contributed by atoms with Crippen LogP contribution >= 0.6 is 0 Å². The Kier molecular flexibility index (Phi) is 3.94. The molecule has 6 nitrogen and oxygen atoms in total. The van der Waals surface area contributed by atoms with Crippen LogP contribution in [0.2, 0.25) is 0 Å². The number of aromatic nitrogens is 1. The van der Waals surface area contributed by atoms with Crippen molar-refractivity contribution < 1.29 is 8.42 Å². The average Bonchev–Trinajstić information content (AvgIpc) is 2.17. The van der Waals surface area contributed by atoms with Crippen LogP contribution in [0.25, 0.3) is 0 Å². The summed E-state index contributed by atoms with van der Waals surface area (Å²) in [5, 5.41) is 2.97. The number of hydrogen-bond acceptors (Lipinski definition) is 6. The molecule has 0 aliphatic rings. The average molecular weight is 244 g/mol. The fourth-order valence-electron chi connectivity index (χ4n) is 1.13. The van der Waals surface area contributed by atoms with Gasteiger partial charge in [-0.05, 0) is 18.6 Å². The molecule has 1 rings (SSSR count). The molecule has 0 atom stereocenters. The molecule has 0 saturated heterocycles. The van der Waals surface area contributed by atoms with Gasteiger partial charge in [-0.25, -0.2) is 13.4 Å². The van der Waals surface area contributed by atoms with Gasteiger partial charge in [0.15, 0.2) is 0 Å². The Balaban J connectivity index is 2.41. The number of hydrogen-bond donors (Lipinski definition) is 3. The van der Waals surface area contributed by atoms with Gasteiger partial charge < -0.3 is 16.8 Å². The van der Waals surface area contributed by atoms with E-state index in [0.29, 0.717) is 24.5 Å². The highest BCUT2D eigenvalue weighted by atomic mass is 32.2. The fourth-order valence-corrected chi connectivity index (χ4v) is 1.80. The number of nitrogens with two attached hydrogens (primary N) is 2. The standard InChI is InChI=1S/C9H16N4O2S/c1-16(14,15)6-2-5-12-8-4-3-7(10)9(11)13-8/h3-4H,2,5-6,10H2,1H3,(H3,11,12,13).